The van der Waals surface area contributed by atoms with Crippen molar-refractivity contribution >= 4 is 29.4 Å². The van der Waals surface area contributed by atoms with Crippen molar-refractivity contribution in [2.24, 2.45) is 0 Å². The predicted octanol–water partition coefficient (Wildman–Crippen LogP) is 4.55. The molecule has 3 aromatic rings. The summed E-state index contributed by atoms with van der Waals surface area (Å²) in [5, 5.41) is 20.8. The number of phenols is 1. The third-order valence-electron chi connectivity index (χ3n) is 5.26. The first-order valence-corrected chi connectivity index (χ1v) is 10.2. The quantitative estimate of drug-likeness (QED) is 0.368. The highest BCUT2D eigenvalue weighted by atomic mass is 16.3. The van der Waals surface area contributed by atoms with Crippen molar-refractivity contribution in [2.45, 2.75) is 25.7 Å². The van der Waals surface area contributed by atoms with E-state index < -0.39 is 0 Å². The average molecular weight is 403 g/mol. The lowest BCUT2D eigenvalue weighted by molar-refractivity contribution is 0.475. The van der Waals surface area contributed by atoms with E-state index in [1.807, 2.05) is 30.3 Å². The van der Waals surface area contributed by atoms with E-state index >= 15 is 0 Å². The van der Waals surface area contributed by atoms with Crippen molar-refractivity contribution in [1.82, 2.24) is 9.97 Å². The van der Waals surface area contributed by atoms with Crippen LogP contribution in [0.25, 0.3) is 11.3 Å². The second-order valence-corrected chi connectivity index (χ2v) is 7.50. The maximum Gasteiger partial charge on any atom is 0.227 e. The van der Waals surface area contributed by atoms with Crippen molar-refractivity contribution in [3.8, 4) is 17.0 Å². The monoisotopic (exact) mass is 402 g/mol. The first-order chi connectivity index (χ1) is 14.6. The van der Waals surface area contributed by atoms with Crippen LogP contribution in [0.2, 0.25) is 0 Å². The minimum absolute atomic E-state index is 0.200. The van der Waals surface area contributed by atoms with Crippen LogP contribution in [0.15, 0.2) is 48.5 Å². The fourth-order valence-corrected chi connectivity index (χ4v) is 3.65. The Morgan fingerprint density at radius 3 is 2.53 bits per heavy atom. The standard InChI is InChI=1S/C23H26N6O/c24-15-17-12-18(8-9-20(17)25)26-22-14-21(16-6-5-7-19(30)13-16)27-23(28-22)29-10-3-1-2-4-11-29/h5-9,12-15,24,30H,1-4,10-11,25H2,(H,26,27,28). The molecule has 1 aliphatic heterocycles. The van der Waals surface area contributed by atoms with Crippen molar-refractivity contribution < 1.29 is 5.11 Å². The van der Waals surface area contributed by atoms with Crippen LogP contribution < -0.4 is 16.0 Å². The number of rotatable bonds is 5. The van der Waals surface area contributed by atoms with Crippen LogP contribution in [0.5, 0.6) is 5.75 Å². The van der Waals surface area contributed by atoms with E-state index in [2.05, 4.69) is 10.2 Å². The summed E-state index contributed by atoms with van der Waals surface area (Å²) in [6, 6.07) is 14.4. The second-order valence-electron chi connectivity index (χ2n) is 7.50. The first-order valence-electron chi connectivity index (χ1n) is 10.2. The molecule has 1 aromatic heterocycles. The summed E-state index contributed by atoms with van der Waals surface area (Å²) < 4.78 is 0. The second kappa shape index (κ2) is 8.82. The van der Waals surface area contributed by atoms with Gasteiger partial charge in [-0.15, -0.1) is 0 Å². The summed E-state index contributed by atoms with van der Waals surface area (Å²) in [6.45, 7) is 1.87. The van der Waals surface area contributed by atoms with Crippen molar-refractivity contribution in [3.63, 3.8) is 0 Å². The van der Waals surface area contributed by atoms with Gasteiger partial charge in [0.15, 0.2) is 0 Å². The average Bonchev–Trinajstić information content (AvgIpc) is 3.04. The minimum atomic E-state index is 0.200. The number of nitrogens with two attached hydrogens (primary N) is 1. The van der Waals surface area contributed by atoms with Crippen LogP contribution in [0.4, 0.5) is 23.1 Å². The van der Waals surface area contributed by atoms with Crippen LogP contribution in [-0.2, 0) is 0 Å². The van der Waals surface area contributed by atoms with Crippen molar-refractivity contribution in [2.75, 3.05) is 29.0 Å². The molecule has 0 spiro atoms. The van der Waals surface area contributed by atoms with Crippen LogP contribution in [0.1, 0.15) is 31.2 Å². The molecule has 7 heteroatoms. The highest BCUT2D eigenvalue weighted by molar-refractivity contribution is 5.87. The Bertz CT molecular complexity index is 1040. The number of nitrogen functional groups attached to an aromatic ring is 1. The zero-order chi connectivity index (χ0) is 20.9. The lowest BCUT2D eigenvalue weighted by Crippen LogP contribution is -2.26. The van der Waals surface area contributed by atoms with Gasteiger partial charge in [-0.25, -0.2) is 4.98 Å². The van der Waals surface area contributed by atoms with E-state index in [0.717, 1.165) is 42.9 Å². The highest BCUT2D eigenvalue weighted by Gasteiger charge is 2.16. The Labute approximate surface area is 176 Å². The molecule has 0 saturated carbocycles. The Kier molecular flexibility index (Phi) is 5.79. The molecule has 1 saturated heterocycles. The van der Waals surface area contributed by atoms with Gasteiger partial charge in [-0.2, -0.15) is 4.98 Å². The lowest BCUT2D eigenvalue weighted by atomic mass is 10.1. The molecule has 5 N–H and O–H groups in total. The van der Waals surface area contributed by atoms with Crippen LogP contribution in [0, 0.1) is 5.41 Å². The minimum Gasteiger partial charge on any atom is -0.508 e. The molecule has 0 atom stereocenters. The molecule has 2 aromatic carbocycles. The van der Waals surface area contributed by atoms with Gasteiger partial charge in [0.25, 0.3) is 0 Å². The van der Waals surface area contributed by atoms with E-state index in [9.17, 15) is 5.11 Å². The lowest BCUT2D eigenvalue weighted by Gasteiger charge is -2.22. The molecule has 0 aliphatic carbocycles. The fourth-order valence-electron chi connectivity index (χ4n) is 3.65. The van der Waals surface area contributed by atoms with Gasteiger partial charge in [0.05, 0.1) is 5.69 Å². The maximum atomic E-state index is 9.92. The van der Waals surface area contributed by atoms with Gasteiger partial charge >= 0.3 is 0 Å². The molecule has 2 heterocycles. The van der Waals surface area contributed by atoms with Gasteiger partial charge in [0, 0.05) is 47.9 Å². The molecule has 0 radical (unpaired) electrons. The summed E-state index contributed by atoms with van der Waals surface area (Å²) in [6.07, 6.45) is 5.95. The zero-order valence-corrected chi connectivity index (χ0v) is 16.8. The van der Waals surface area contributed by atoms with E-state index in [-0.39, 0.29) is 5.75 Å². The summed E-state index contributed by atoms with van der Waals surface area (Å²) in [7, 11) is 0. The third kappa shape index (κ3) is 4.51. The number of aromatic nitrogens is 2. The molecule has 0 unspecified atom stereocenters. The Morgan fingerprint density at radius 1 is 1.00 bits per heavy atom. The smallest absolute Gasteiger partial charge is 0.227 e. The van der Waals surface area contributed by atoms with Gasteiger partial charge < -0.3 is 26.5 Å². The number of nitrogens with one attached hydrogen (secondary N) is 2. The van der Waals surface area contributed by atoms with Gasteiger partial charge in [0.1, 0.15) is 11.6 Å². The molecule has 7 nitrogen and oxygen atoms in total. The van der Waals surface area contributed by atoms with Gasteiger partial charge in [-0.05, 0) is 43.2 Å². The molecule has 1 aliphatic rings. The fraction of sp³-hybridized carbons (Fsp3) is 0.261. The normalized spacial score (nSPS) is 14.2. The molecule has 1 fully saturated rings. The molecule has 30 heavy (non-hydrogen) atoms. The van der Waals surface area contributed by atoms with E-state index in [1.165, 1.54) is 19.1 Å². The first kappa shape index (κ1) is 19.7. The van der Waals surface area contributed by atoms with Gasteiger partial charge in [0.2, 0.25) is 5.95 Å². The van der Waals surface area contributed by atoms with Crippen LogP contribution >= 0.6 is 0 Å². The molecule has 0 amide bonds. The number of phenolic OH excluding ortho intramolecular Hbond substituents is 1. The number of nitrogens with zero attached hydrogens (tertiary/aromatic N) is 3. The maximum absolute atomic E-state index is 9.92. The largest absolute Gasteiger partial charge is 0.508 e. The topological polar surface area (TPSA) is 111 Å². The van der Waals surface area contributed by atoms with E-state index in [4.69, 9.17) is 21.1 Å². The van der Waals surface area contributed by atoms with Gasteiger partial charge in [-0.3, -0.25) is 0 Å². The molecular weight excluding hydrogens is 376 g/mol. The summed E-state index contributed by atoms with van der Waals surface area (Å²) in [5.41, 5.74) is 9.48. The molecule has 4 rings (SSSR count). The SMILES string of the molecule is N=Cc1cc(Nc2cc(-c3cccc(O)c3)nc(N3CCCCCC3)n2)ccc1N. The van der Waals surface area contributed by atoms with E-state index in [0.29, 0.717) is 23.0 Å². The molecule has 154 valence electrons. The number of anilines is 4. The number of hydrogen-bond acceptors (Lipinski definition) is 7. The Morgan fingerprint density at radius 2 is 1.80 bits per heavy atom. The zero-order valence-electron chi connectivity index (χ0n) is 16.8. The summed E-state index contributed by atoms with van der Waals surface area (Å²) >= 11 is 0. The van der Waals surface area contributed by atoms with Crippen molar-refractivity contribution in [1.29, 1.82) is 5.41 Å². The summed E-state index contributed by atoms with van der Waals surface area (Å²) in [5.74, 6) is 1.54. The third-order valence-corrected chi connectivity index (χ3v) is 5.26. The number of benzene rings is 2. The molecule has 0 bridgehead atoms. The molecular formula is C23H26N6O. The van der Waals surface area contributed by atoms with Crippen LogP contribution in [0.3, 0.4) is 0 Å². The Balaban J connectivity index is 1.73. The number of aromatic hydroxyl groups is 1. The highest BCUT2D eigenvalue weighted by Crippen LogP contribution is 2.28. The van der Waals surface area contributed by atoms with E-state index in [1.54, 1.807) is 18.2 Å². The van der Waals surface area contributed by atoms with Crippen molar-refractivity contribution in [3.05, 3.63) is 54.1 Å². The number of hydrogen-bond donors (Lipinski definition) is 4. The van der Waals surface area contributed by atoms with Gasteiger partial charge in [-0.1, -0.05) is 25.0 Å². The van der Waals surface area contributed by atoms with Crippen LogP contribution in [-0.4, -0.2) is 34.4 Å². The summed E-state index contributed by atoms with van der Waals surface area (Å²) in [4.78, 5) is 11.8. The predicted molar refractivity (Wildman–Crippen MR) is 122 cm³/mol. The Hall–Kier alpha value is -3.61.